The van der Waals surface area contributed by atoms with Gasteiger partial charge in [-0.2, -0.15) is 26.3 Å². The smallest absolute Gasteiger partial charge is 0.416 e. The molecular weight excluding hydrogens is 883 g/mol. The predicted molar refractivity (Wildman–Crippen MR) is 234 cm³/mol. The average Bonchev–Trinajstić information content (AvgIpc) is 3.20. The van der Waals surface area contributed by atoms with Crippen molar-refractivity contribution in [3.63, 3.8) is 0 Å². The van der Waals surface area contributed by atoms with Gasteiger partial charge in [0.15, 0.2) is 0 Å². The van der Waals surface area contributed by atoms with Gasteiger partial charge in [-0.1, -0.05) is 0 Å². The van der Waals surface area contributed by atoms with Gasteiger partial charge in [0.2, 0.25) is 0 Å². The SMILES string of the molecule is CC(C)(C)OC(=O)N1CCN(c2ccc(C(F)(F)F)cc2N)CC1.CNC(=O)c1cc(Oc2ccc(NC(=O)Nc3cc(C(F)(F)F)ccc3N3CCNCC3)cc2)ccn1.Cl.Cl. The average molecular weight is 933 g/mol. The molecule has 3 heterocycles. The Balaban J connectivity index is 0.000000354. The number of ether oxygens (including phenoxy) is 2. The summed E-state index contributed by atoms with van der Waals surface area (Å²) in [4.78, 5) is 45.8. The summed E-state index contributed by atoms with van der Waals surface area (Å²) in [5, 5.41) is 10.9. The molecule has 3 aromatic carbocycles. The molecule has 0 atom stereocenters. The summed E-state index contributed by atoms with van der Waals surface area (Å²) in [6, 6.07) is 15.4. The molecule has 0 unspecified atom stereocenters. The van der Waals surface area contributed by atoms with Crippen LogP contribution in [0.4, 0.5) is 64.4 Å². The van der Waals surface area contributed by atoms with E-state index in [4.69, 9.17) is 15.2 Å². The number of pyridine rings is 1. The molecule has 14 nitrogen and oxygen atoms in total. The van der Waals surface area contributed by atoms with Crippen molar-refractivity contribution in [2.75, 3.05) is 85.6 Å². The summed E-state index contributed by atoms with van der Waals surface area (Å²) in [5.41, 5.74) is 5.41. The third kappa shape index (κ3) is 14.9. The molecule has 6 N–H and O–H groups in total. The lowest BCUT2D eigenvalue weighted by Gasteiger charge is -2.37. The first-order chi connectivity index (χ1) is 28.7. The standard InChI is InChI=1S/C25H25F3N6O3.C16H22F3N3O2.2ClH/c1-29-23(35)21-15-19(8-9-31-21)37-18-5-3-17(4-6-18)32-24(36)33-20-14-16(25(26,27)28)2-7-22(20)34-12-10-30-11-13-34;1-15(2,3)24-14(23)22-8-6-21(7-9-22)13-5-4-11(10-12(13)20)16(17,18)19;;/h2-9,14-15,30H,10-13H2,1H3,(H,29,35)(H2,32,33,36);4-5,10H,6-9,20H2,1-3H3;2*1H. The van der Waals surface area contributed by atoms with E-state index in [-0.39, 0.29) is 53.9 Å². The van der Waals surface area contributed by atoms with Crippen molar-refractivity contribution in [1.82, 2.24) is 20.5 Å². The van der Waals surface area contributed by atoms with Gasteiger partial charge in [0, 0.05) is 77.4 Å². The highest BCUT2D eigenvalue weighted by atomic mass is 35.5. The van der Waals surface area contributed by atoms with Gasteiger partial charge in [0.1, 0.15) is 22.8 Å². The number of urea groups is 1. The van der Waals surface area contributed by atoms with E-state index in [0.717, 1.165) is 24.3 Å². The number of alkyl halides is 6. The zero-order chi connectivity index (χ0) is 44.5. The largest absolute Gasteiger partial charge is 0.457 e. The van der Waals surface area contributed by atoms with Crippen LogP contribution in [-0.2, 0) is 17.1 Å². The third-order valence-electron chi connectivity index (χ3n) is 9.20. The number of nitrogens with zero attached hydrogens (tertiary/aromatic N) is 4. The summed E-state index contributed by atoms with van der Waals surface area (Å²) in [6.45, 7) is 9.78. The van der Waals surface area contributed by atoms with Crippen LogP contribution in [0, 0.1) is 0 Å². The van der Waals surface area contributed by atoms with Crippen molar-refractivity contribution in [3.8, 4) is 11.5 Å². The molecule has 2 aliphatic heterocycles. The lowest BCUT2D eigenvalue weighted by atomic mass is 10.1. The van der Waals surface area contributed by atoms with Gasteiger partial charge in [0.25, 0.3) is 5.91 Å². The monoisotopic (exact) mass is 931 g/mol. The molecule has 0 saturated carbocycles. The summed E-state index contributed by atoms with van der Waals surface area (Å²) >= 11 is 0. The molecule has 344 valence electrons. The van der Waals surface area contributed by atoms with Crippen LogP contribution in [0.1, 0.15) is 42.4 Å². The molecule has 1 aromatic heterocycles. The molecular formula is C41H49Cl2F6N9O5. The second kappa shape index (κ2) is 22.0. The Labute approximate surface area is 372 Å². The number of aromatic nitrogens is 1. The van der Waals surface area contributed by atoms with E-state index in [9.17, 15) is 40.7 Å². The molecule has 2 fully saturated rings. The quantitative estimate of drug-likeness (QED) is 0.0897. The number of halogens is 8. The van der Waals surface area contributed by atoms with Gasteiger partial charge in [-0.25, -0.2) is 9.59 Å². The molecule has 0 radical (unpaired) electrons. The fourth-order valence-corrected chi connectivity index (χ4v) is 6.22. The van der Waals surface area contributed by atoms with Crippen molar-refractivity contribution in [1.29, 1.82) is 0 Å². The van der Waals surface area contributed by atoms with Crippen molar-refractivity contribution >= 4 is 71.3 Å². The number of nitrogens with two attached hydrogens (primary N) is 1. The molecule has 6 rings (SSSR count). The number of amides is 4. The number of nitrogens with one attached hydrogen (secondary N) is 4. The highest BCUT2D eigenvalue weighted by molar-refractivity contribution is 6.02. The van der Waals surface area contributed by atoms with Crippen LogP contribution in [0.15, 0.2) is 79.0 Å². The number of anilines is 5. The molecule has 4 aromatic rings. The molecule has 0 aliphatic carbocycles. The summed E-state index contributed by atoms with van der Waals surface area (Å²) in [7, 11) is 1.50. The molecule has 22 heteroatoms. The summed E-state index contributed by atoms with van der Waals surface area (Å²) in [6.07, 6.45) is -7.90. The molecule has 2 saturated heterocycles. The normalized spacial score (nSPS) is 14.2. The number of piperazine rings is 2. The molecule has 0 bridgehead atoms. The van der Waals surface area contributed by atoms with E-state index in [1.54, 1.807) is 56.0 Å². The number of hydrogen-bond acceptors (Lipinski definition) is 10. The maximum absolute atomic E-state index is 13.3. The Hall–Kier alpha value is -5.86. The second-order valence-electron chi connectivity index (χ2n) is 14.9. The van der Waals surface area contributed by atoms with E-state index < -0.39 is 35.1 Å². The Morgan fingerprint density at radius 3 is 1.84 bits per heavy atom. The Morgan fingerprint density at radius 1 is 0.714 bits per heavy atom. The third-order valence-corrected chi connectivity index (χ3v) is 9.20. The van der Waals surface area contributed by atoms with E-state index >= 15 is 0 Å². The fraction of sp³-hybridized carbons (Fsp3) is 0.366. The number of benzene rings is 3. The van der Waals surface area contributed by atoms with Crippen LogP contribution >= 0.6 is 24.8 Å². The highest BCUT2D eigenvalue weighted by Crippen LogP contribution is 2.37. The van der Waals surface area contributed by atoms with E-state index in [0.29, 0.717) is 80.9 Å². The lowest BCUT2D eigenvalue weighted by Crippen LogP contribution is -2.50. The molecule has 0 spiro atoms. The number of nitrogen functional groups attached to an aromatic ring is 1. The lowest BCUT2D eigenvalue weighted by molar-refractivity contribution is -0.138. The predicted octanol–water partition coefficient (Wildman–Crippen LogP) is 8.49. The zero-order valence-electron chi connectivity index (χ0n) is 34.7. The Kier molecular flexibility index (Phi) is 18.0. The highest BCUT2D eigenvalue weighted by Gasteiger charge is 2.33. The zero-order valence-corrected chi connectivity index (χ0v) is 36.3. The summed E-state index contributed by atoms with van der Waals surface area (Å²) < 4.78 is 89.1. The van der Waals surface area contributed by atoms with Crippen molar-refractivity contribution in [2.24, 2.45) is 0 Å². The minimum absolute atomic E-state index is 0. The number of rotatable bonds is 7. The van der Waals surface area contributed by atoms with Crippen LogP contribution in [0.5, 0.6) is 11.5 Å². The van der Waals surface area contributed by atoms with Crippen molar-refractivity contribution in [3.05, 3.63) is 95.8 Å². The molecule has 2 aliphatic rings. The summed E-state index contributed by atoms with van der Waals surface area (Å²) in [5.74, 6) is 0.493. The van der Waals surface area contributed by atoms with Crippen LogP contribution in [-0.4, -0.2) is 92.9 Å². The first-order valence-corrected chi connectivity index (χ1v) is 19.1. The second-order valence-corrected chi connectivity index (χ2v) is 14.9. The molecule has 4 amide bonds. The van der Waals surface area contributed by atoms with E-state index in [1.165, 1.54) is 31.4 Å². The van der Waals surface area contributed by atoms with Gasteiger partial charge in [-0.3, -0.25) is 9.78 Å². The van der Waals surface area contributed by atoms with Gasteiger partial charge >= 0.3 is 24.5 Å². The van der Waals surface area contributed by atoms with Crippen molar-refractivity contribution < 1.29 is 50.2 Å². The minimum atomic E-state index is -4.54. The van der Waals surface area contributed by atoms with Gasteiger partial charge in [0.05, 0.1) is 33.9 Å². The maximum Gasteiger partial charge on any atom is 0.416 e. The van der Waals surface area contributed by atoms with Crippen molar-refractivity contribution in [2.45, 2.75) is 38.7 Å². The number of hydrogen-bond donors (Lipinski definition) is 5. The fourth-order valence-electron chi connectivity index (χ4n) is 6.22. The number of carbonyl (C=O) groups excluding carboxylic acids is 3. The van der Waals surface area contributed by atoms with Crippen LogP contribution < -0.4 is 41.5 Å². The van der Waals surface area contributed by atoms with Crippen LogP contribution in [0.2, 0.25) is 0 Å². The topological polar surface area (TPSA) is 166 Å². The van der Waals surface area contributed by atoms with Crippen LogP contribution in [0.25, 0.3) is 0 Å². The maximum atomic E-state index is 13.3. The van der Waals surface area contributed by atoms with E-state index in [2.05, 4.69) is 26.3 Å². The van der Waals surface area contributed by atoms with Gasteiger partial charge in [-0.05, 0) is 87.5 Å². The van der Waals surface area contributed by atoms with Crippen LogP contribution in [0.3, 0.4) is 0 Å². The first-order valence-electron chi connectivity index (χ1n) is 19.1. The number of carbonyl (C=O) groups is 3. The molecule has 63 heavy (non-hydrogen) atoms. The van der Waals surface area contributed by atoms with Gasteiger partial charge < -0.3 is 51.2 Å². The van der Waals surface area contributed by atoms with Gasteiger partial charge in [-0.15, -0.1) is 24.8 Å². The Bertz CT molecular complexity index is 2160. The Morgan fingerprint density at radius 2 is 1.29 bits per heavy atom. The van der Waals surface area contributed by atoms with E-state index in [1.807, 2.05) is 9.80 Å². The first kappa shape index (κ1) is 51.5. The minimum Gasteiger partial charge on any atom is -0.457 e.